The lowest BCUT2D eigenvalue weighted by atomic mass is 10.1. The second kappa shape index (κ2) is 7.16. The Balaban J connectivity index is 1.41. The van der Waals surface area contributed by atoms with Crippen molar-refractivity contribution in [3.05, 3.63) is 77.6 Å². The summed E-state index contributed by atoms with van der Waals surface area (Å²) in [7, 11) is 0. The van der Waals surface area contributed by atoms with Gasteiger partial charge in [-0.2, -0.15) is 15.2 Å². The minimum absolute atomic E-state index is 0.708. The predicted molar refractivity (Wildman–Crippen MR) is 112 cm³/mol. The second-order valence-corrected chi connectivity index (χ2v) is 7.43. The van der Waals surface area contributed by atoms with Crippen LogP contribution in [0, 0.1) is 13.8 Å². The van der Waals surface area contributed by atoms with E-state index in [1.165, 1.54) is 5.56 Å². The van der Waals surface area contributed by atoms with E-state index in [4.69, 9.17) is 10.1 Å². The van der Waals surface area contributed by atoms with E-state index in [1.54, 1.807) is 6.33 Å². The molecule has 7 heteroatoms. The van der Waals surface area contributed by atoms with Gasteiger partial charge in [-0.15, -0.1) is 0 Å². The van der Waals surface area contributed by atoms with Gasteiger partial charge in [0.1, 0.15) is 12.2 Å². The van der Waals surface area contributed by atoms with Gasteiger partial charge in [0.25, 0.3) is 0 Å². The van der Waals surface area contributed by atoms with Crippen molar-refractivity contribution in [1.29, 1.82) is 0 Å². The van der Waals surface area contributed by atoms with Crippen molar-refractivity contribution < 1.29 is 0 Å². The molecular formula is C22H23N7. The maximum absolute atomic E-state index is 4.87. The van der Waals surface area contributed by atoms with E-state index < -0.39 is 0 Å². The smallest absolute Gasteiger partial charge is 0.228 e. The van der Waals surface area contributed by atoms with Gasteiger partial charge in [0, 0.05) is 25.2 Å². The Morgan fingerprint density at radius 1 is 0.966 bits per heavy atom. The number of rotatable bonds is 4. The monoisotopic (exact) mass is 385 g/mol. The van der Waals surface area contributed by atoms with E-state index in [0.717, 1.165) is 54.0 Å². The van der Waals surface area contributed by atoms with E-state index in [1.807, 2.05) is 22.4 Å². The zero-order chi connectivity index (χ0) is 19.8. The molecule has 0 spiro atoms. The fourth-order valence-corrected chi connectivity index (χ4v) is 3.86. The van der Waals surface area contributed by atoms with Gasteiger partial charge in [-0.25, -0.2) is 14.3 Å². The van der Waals surface area contributed by atoms with Crippen molar-refractivity contribution >= 4 is 11.6 Å². The minimum atomic E-state index is 0.708. The van der Waals surface area contributed by atoms with Crippen molar-refractivity contribution in [2.45, 2.75) is 33.2 Å². The quantitative estimate of drug-likeness (QED) is 0.537. The molecule has 5 rings (SSSR count). The number of aromatic nitrogens is 6. The Morgan fingerprint density at radius 3 is 2.59 bits per heavy atom. The molecule has 4 aromatic rings. The molecule has 2 aromatic carbocycles. The highest BCUT2D eigenvalue weighted by Gasteiger charge is 2.22. The zero-order valence-electron chi connectivity index (χ0n) is 16.7. The predicted octanol–water partition coefficient (Wildman–Crippen LogP) is 3.61. The number of benzene rings is 2. The Kier molecular flexibility index (Phi) is 4.35. The van der Waals surface area contributed by atoms with E-state index >= 15 is 0 Å². The summed E-state index contributed by atoms with van der Waals surface area (Å²) in [5.74, 6) is 2.56. The highest BCUT2D eigenvalue weighted by molar-refractivity contribution is 5.57. The Hall–Kier alpha value is -3.48. The highest BCUT2D eigenvalue weighted by Crippen LogP contribution is 2.28. The van der Waals surface area contributed by atoms with Crippen LogP contribution in [-0.4, -0.2) is 36.1 Å². The van der Waals surface area contributed by atoms with Gasteiger partial charge in [-0.3, -0.25) is 0 Å². The van der Waals surface area contributed by atoms with Crippen LogP contribution in [0.25, 0.3) is 5.69 Å². The topological polar surface area (TPSA) is 64.7 Å². The molecule has 0 fully saturated rings. The van der Waals surface area contributed by atoms with Crippen LogP contribution in [0.1, 0.15) is 29.2 Å². The lowest BCUT2D eigenvalue weighted by Gasteiger charge is -2.27. The third kappa shape index (κ3) is 3.40. The van der Waals surface area contributed by atoms with Crippen LogP contribution in [0.3, 0.4) is 0 Å². The molecular weight excluding hydrogens is 362 g/mol. The third-order valence-corrected chi connectivity index (χ3v) is 5.23. The summed E-state index contributed by atoms with van der Waals surface area (Å²) in [5, 5.41) is 9.18. The summed E-state index contributed by atoms with van der Waals surface area (Å²) in [6.07, 6.45) is 3.52. The van der Waals surface area contributed by atoms with Crippen LogP contribution in [0.5, 0.6) is 0 Å². The van der Waals surface area contributed by atoms with Crippen molar-refractivity contribution in [3.8, 4) is 5.69 Å². The molecule has 29 heavy (non-hydrogen) atoms. The molecule has 2 aromatic heterocycles. The largest absolute Gasteiger partial charge is 0.311 e. The summed E-state index contributed by atoms with van der Waals surface area (Å²) in [4.78, 5) is 11.3. The van der Waals surface area contributed by atoms with Crippen LogP contribution < -0.4 is 4.90 Å². The summed E-state index contributed by atoms with van der Waals surface area (Å²) in [6, 6.07) is 16.8. The molecule has 1 aliphatic heterocycles. The molecule has 0 saturated heterocycles. The molecule has 0 aliphatic carbocycles. The average Bonchev–Trinajstić information content (AvgIpc) is 3.34. The number of hydrogen-bond donors (Lipinski definition) is 0. The van der Waals surface area contributed by atoms with E-state index in [-0.39, 0.29) is 0 Å². The van der Waals surface area contributed by atoms with Crippen molar-refractivity contribution in [1.82, 2.24) is 29.5 Å². The molecule has 0 atom stereocenters. The van der Waals surface area contributed by atoms with E-state index in [0.29, 0.717) is 6.42 Å². The second-order valence-electron chi connectivity index (χ2n) is 7.43. The van der Waals surface area contributed by atoms with Crippen LogP contribution in [0.2, 0.25) is 0 Å². The van der Waals surface area contributed by atoms with E-state index in [9.17, 15) is 0 Å². The van der Waals surface area contributed by atoms with Crippen molar-refractivity contribution in [3.63, 3.8) is 0 Å². The molecule has 7 nitrogen and oxygen atoms in total. The normalized spacial score (nSPS) is 13.5. The zero-order valence-corrected chi connectivity index (χ0v) is 16.7. The number of hydrogen-bond acceptors (Lipinski definition) is 5. The number of anilines is 2. The molecule has 1 aliphatic rings. The molecule has 0 radical (unpaired) electrons. The van der Waals surface area contributed by atoms with E-state index in [2.05, 4.69) is 64.4 Å². The first-order valence-electron chi connectivity index (χ1n) is 9.92. The summed E-state index contributed by atoms with van der Waals surface area (Å²) in [5.41, 5.74) is 4.55. The molecule has 0 unspecified atom stereocenters. The minimum Gasteiger partial charge on any atom is -0.311 e. The van der Waals surface area contributed by atoms with Crippen LogP contribution in [-0.2, 0) is 13.0 Å². The van der Waals surface area contributed by atoms with Gasteiger partial charge in [0.15, 0.2) is 5.82 Å². The maximum atomic E-state index is 4.87. The van der Waals surface area contributed by atoms with Crippen molar-refractivity contribution in [2.24, 2.45) is 0 Å². The number of fused-ring (bicyclic) bond motifs is 1. The first-order chi connectivity index (χ1) is 14.2. The molecule has 146 valence electrons. The number of para-hydroxylation sites is 1. The molecule has 0 N–H and O–H groups in total. The SMILES string of the molecule is Cc1ncn(-c2ccc(Cc3nc4n(n3)CCCN4c3ccccc3)cc2C)n1. The first kappa shape index (κ1) is 17.6. The first-order valence-corrected chi connectivity index (χ1v) is 9.92. The molecule has 0 saturated carbocycles. The van der Waals surface area contributed by atoms with Crippen LogP contribution in [0.4, 0.5) is 11.6 Å². The van der Waals surface area contributed by atoms with Gasteiger partial charge < -0.3 is 4.90 Å². The summed E-state index contributed by atoms with van der Waals surface area (Å²) < 4.78 is 3.85. The van der Waals surface area contributed by atoms with Gasteiger partial charge in [0.2, 0.25) is 5.95 Å². The van der Waals surface area contributed by atoms with Gasteiger partial charge in [-0.1, -0.05) is 30.3 Å². The summed E-state index contributed by atoms with van der Waals surface area (Å²) in [6.45, 7) is 5.87. The number of aryl methyl sites for hydroxylation is 3. The lowest BCUT2D eigenvalue weighted by molar-refractivity contribution is 0.536. The van der Waals surface area contributed by atoms with Gasteiger partial charge in [-0.05, 0) is 49.6 Å². The fourth-order valence-electron chi connectivity index (χ4n) is 3.86. The molecule has 3 heterocycles. The third-order valence-electron chi connectivity index (χ3n) is 5.23. The van der Waals surface area contributed by atoms with Crippen molar-refractivity contribution in [2.75, 3.05) is 11.4 Å². The maximum Gasteiger partial charge on any atom is 0.228 e. The Bertz CT molecular complexity index is 1140. The molecule has 0 amide bonds. The average molecular weight is 385 g/mol. The van der Waals surface area contributed by atoms with Gasteiger partial charge >= 0.3 is 0 Å². The molecule has 0 bridgehead atoms. The summed E-state index contributed by atoms with van der Waals surface area (Å²) >= 11 is 0. The number of nitrogens with zero attached hydrogens (tertiary/aromatic N) is 7. The van der Waals surface area contributed by atoms with Crippen LogP contribution in [0.15, 0.2) is 54.9 Å². The van der Waals surface area contributed by atoms with Gasteiger partial charge in [0.05, 0.1) is 5.69 Å². The Labute approximate surface area is 169 Å². The lowest BCUT2D eigenvalue weighted by Crippen LogP contribution is -2.28. The standard InChI is InChI=1S/C22H23N7/c1-16-13-18(9-10-20(16)29-15-23-17(2)25-29)14-21-24-22-27(11-6-12-28(22)26-21)19-7-4-3-5-8-19/h3-5,7-10,13,15H,6,11-12,14H2,1-2H3. The fraction of sp³-hybridized carbons (Fsp3) is 0.273. The highest BCUT2D eigenvalue weighted by atomic mass is 15.5. The van der Waals surface area contributed by atoms with Crippen LogP contribution >= 0.6 is 0 Å². The Morgan fingerprint density at radius 2 is 1.83 bits per heavy atom.